The average Bonchev–Trinajstić information content (AvgIpc) is 3.33. The van der Waals surface area contributed by atoms with Gasteiger partial charge < -0.3 is 23.7 Å². The molecule has 0 aliphatic heterocycles. The van der Waals surface area contributed by atoms with Crippen molar-refractivity contribution in [3.8, 4) is 28.7 Å². The normalized spacial score (nSPS) is 16.8. The summed E-state index contributed by atoms with van der Waals surface area (Å²) in [4.78, 5) is 0. The second-order valence-electron chi connectivity index (χ2n) is 9.86. The molecule has 0 heterocycles. The zero-order valence-electron chi connectivity index (χ0n) is 23.9. The lowest BCUT2D eigenvalue weighted by molar-refractivity contribution is 0.388. The van der Waals surface area contributed by atoms with E-state index in [1.807, 2.05) is 24.3 Å². The molecule has 0 radical (unpaired) electrons. The molecule has 5 rings (SSSR count). The summed E-state index contributed by atoms with van der Waals surface area (Å²) in [6.07, 6.45) is 2.26. The summed E-state index contributed by atoms with van der Waals surface area (Å²) in [5.41, 5.74) is 7.68. The van der Waals surface area contributed by atoms with E-state index in [2.05, 4.69) is 87.3 Å². The maximum absolute atomic E-state index is 6.06. The SMILES string of the molecule is COc1ccc([C@@H]2c3c(OC)cc(OC)c(Br)c3/C(=C/c3ccc(C)cc3)[C@H]2c2cc(OC)cc(OC)c2Br)cc1. The van der Waals surface area contributed by atoms with Crippen LogP contribution in [0.3, 0.4) is 0 Å². The number of hydrogen-bond acceptors (Lipinski definition) is 5. The molecule has 0 spiro atoms. The Bertz CT molecular complexity index is 1590. The first kappa shape index (κ1) is 29.1. The summed E-state index contributed by atoms with van der Waals surface area (Å²) >= 11 is 7.81. The van der Waals surface area contributed by atoms with E-state index in [4.69, 9.17) is 23.7 Å². The summed E-state index contributed by atoms with van der Waals surface area (Å²) < 4.78 is 30.6. The fourth-order valence-corrected chi connectivity index (χ4v) is 7.00. The van der Waals surface area contributed by atoms with Gasteiger partial charge in [0.1, 0.15) is 28.7 Å². The zero-order chi connectivity index (χ0) is 29.3. The number of hydrogen-bond donors (Lipinski definition) is 0. The number of fused-ring (bicyclic) bond motifs is 1. The fourth-order valence-electron chi connectivity index (χ4n) is 5.64. The molecule has 0 bridgehead atoms. The highest BCUT2D eigenvalue weighted by atomic mass is 79.9. The van der Waals surface area contributed by atoms with Crippen LogP contribution in [0.2, 0.25) is 0 Å². The lowest BCUT2D eigenvalue weighted by atomic mass is 9.79. The van der Waals surface area contributed by atoms with Gasteiger partial charge in [-0.15, -0.1) is 0 Å². The summed E-state index contributed by atoms with van der Waals surface area (Å²) in [7, 11) is 8.39. The molecule has 0 N–H and O–H groups in total. The third kappa shape index (κ3) is 5.33. The number of rotatable bonds is 8. The van der Waals surface area contributed by atoms with Gasteiger partial charge in [-0.05, 0) is 79.2 Å². The van der Waals surface area contributed by atoms with Crippen LogP contribution in [-0.4, -0.2) is 35.5 Å². The van der Waals surface area contributed by atoms with Gasteiger partial charge in [0, 0.05) is 35.1 Å². The Kier molecular flexibility index (Phi) is 8.66. The van der Waals surface area contributed by atoms with E-state index in [-0.39, 0.29) is 11.8 Å². The predicted molar refractivity (Wildman–Crippen MR) is 171 cm³/mol. The van der Waals surface area contributed by atoms with E-state index < -0.39 is 0 Å². The highest BCUT2D eigenvalue weighted by Gasteiger charge is 2.44. The summed E-state index contributed by atoms with van der Waals surface area (Å²) in [6.45, 7) is 2.09. The van der Waals surface area contributed by atoms with E-state index in [0.717, 1.165) is 53.8 Å². The second kappa shape index (κ2) is 12.2. The quantitative estimate of drug-likeness (QED) is 0.186. The molecule has 0 unspecified atom stereocenters. The monoisotopic (exact) mass is 678 g/mol. The van der Waals surface area contributed by atoms with Crippen molar-refractivity contribution >= 4 is 43.5 Å². The molecule has 1 aliphatic carbocycles. The Balaban J connectivity index is 1.91. The molecule has 4 aromatic carbocycles. The van der Waals surface area contributed by atoms with Crippen molar-refractivity contribution in [2.45, 2.75) is 18.8 Å². The molecular weight excluding hydrogens is 648 g/mol. The first-order valence-corrected chi connectivity index (χ1v) is 14.7. The maximum atomic E-state index is 6.06. The van der Waals surface area contributed by atoms with Gasteiger partial charge >= 0.3 is 0 Å². The van der Waals surface area contributed by atoms with Crippen LogP contribution in [0.1, 0.15) is 45.2 Å². The van der Waals surface area contributed by atoms with Crippen molar-refractivity contribution in [3.63, 3.8) is 0 Å². The largest absolute Gasteiger partial charge is 0.497 e. The number of halogens is 2. The highest BCUT2D eigenvalue weighted by molar-refractivity contribution is 9.11. The molecule has 0 amide bonds. The van der Waals surface area contributed by atoms with E-state index >= 15 is 0 Å². The van der Waals surface area contributed by atoms with Gasteiger partial charge in [0.25, 0.3) is 0 Å². The number of benzene rings is 4. The molecule has 212 valence electrons. The van der Waals surface area contributed by atoms with Crippen LogP contribution in [0.4, 0.5) is 0 Å². The van der Waals surface area contributed by atoms with Crippen LogP contribution in [0.5, 0.6) is 28.7 Å². The molecule has 41 heavy (non-hydrogen) atoms. The van der Waals surface area contributed by atoms with Crippen molar-refractivity contribution in [1.29, 1.82) is 0 Å². The van der Waals surface area contributed by atoms with Gasteiger partial charge in [-0.25, -0.2) is 0 Å². The van der Waals surface area contributed by atoms with Crippen LogP contribution in [0, 0.1) is 6.92 Å². The van der Waals surface area contributed by atoms with Crippen LogP contribution < -0.4 is 23.7 Å². The van der Waals surface area contributed by atoms with Gasteiger partial charge in [0.05, 0.1) is 44.5 Å². The number of allylic oxidation sites excluding steroid dienone is 1. The van der Waals surface area contributed by atoms with Gasteiger partial charge in [-0.1, -0.05) is 48.0 Å². The average molecular weight is 680 g/mol. The van der Waals surface area contributed by atoms with E-state index in [0.29, 0.717) is 17.2 Å². The van der Waals surface area contributed by atoms with Crippen LogP contribution >= 0.6 is 31.9 Å². The van der Waals surface area contributed by atoms with Gasteiger partial charge in [-0.3, -0.25) is 0 Å². The molecule has 1 aliphatic rings. The van der Waals surface area contributed by atoms with Crippen molar-refractivity contribution < 1.29 is 23.7 Å². The van der Waals surface area contributed by atoms with E-state index in [1.165, 1.54) is 5.56 Å². The minimum atomic E-state index is -0.143. The first-order valence-electron chi connectivity index (χ1n) is 13.1. The molecule has 2 atom stereocenters. The van der Waals surface area contributed by atoms with Crippen molar-refractivity contribution in [3.05, 3.63) is 109 Å². The molecule has 4 aromatic rings. The fraction of sp³-hybridized carbons (Fsp3) is 0.235. The van der Waals surface area contributed by atoms with Crippen molar-refractivity contribution in [2.75, 3.05) is 35.5 Å². The highest BCUT2D eigenvalue weighted by Crippen LogP contribution is 2.62. The number of ether oxygens (including phenoxy) is 5. The Labute approximate surface area is 258 Å². The summed E-state index contributed by atoms with van der Waals surface area (Å²) in [6, 6.07) is 22.7. The minimum Gasteiger partial charge on any atom is -0.497 e. The topological polar surface area (TPSA) is 46.2 Å². The Morgan fingerprint density at radius 2 is 1.22 bits per heavy atom. The Morgan fingerprint density at radius 3 is 1.80 bits per heavy atom. The van der Waals surface area contributed by atoms with Gasteiger partial charge in [-0.2, -0.15) is 0 Å². The lowest BCUT2D eigenvalue weighted by Crippen LogP contribution is -2.10. The number of aryl methyl sites for hydroxylation is 1. The summed E-state index contributed by atoms with van der Waals surface area (Å²) in [5.74, 6) is 3.40. The molecule has 5 nitrogen and oxygen atoms in total. The standard InChI is InChI=1S/C34H32Br2O5/c1-19-7-9-20(10-8-19)15-24-30(25-16-23(38-3)17-27(40-5)33(25)35)29(21-11-13-22(37-2)14-12-21)32-26(39-4)18-28(41-6)34(36)31(24)32/h7-18,29-30H,1-6H3/b24-15+/t29-,30-/m0/s1. The molecule has 0 saturated carbocycles. The third-order valence-electron chi connectivity index (χ3n) is 7.65. The molecule has 0 fully saturated rings. The maximum Gasteiger partial charge on any atom is 0.137 e. The Hall–Kier alpha value is -3.42. The molecular formula is C34H32Br2O5. The molecule has 0 aromatic heterocycles. The first-order chi connectivity index (χ1) is 19.8. The zero-order valence-corrected chi connectivity index (χ0v) is 27.1. The van der Waals surface area contributed by atoms with Gasteiger partial charge in [0.2, 0.25) is 0 Å². The van der Waals surface area contributed by atoms with E-state index in [1.54, 1.807) is 35.5 Å². The van der Waals surface area contributed by atoms with Crippen LogP contribution in [0.15, 0.2) is 75.7 Å². The van der Waals surface area contributed by atoms with Crippen LogP contribution in [0.25, 0.3) is 11.6 Å². The Morgan fingerprint density at radius 1 is 0.610 bits per heavy atom. The molecule has 7 heteroatoms. The third-order valence-corrected chi connectivity index (χ3v) is 9.28. The van der Waals surface area contributed by atoms with Crippen molar-refractivity contribution in [2.24, 2.45) is 0 Å². The van der Waals surface area contributed by atoms with E-state index in [9.17, 15) is 0 Å². The van der Waals surface area contributed by atoms with Crippen LogP contribution in [-0.2, 0) is 0 Å². The van der Waals surface area contributed by atoms with Crippen molar-refractivity contribution in [1.82, 2.24) is 0 Å². The second-order valence-corrected chi connectivity index (χ2v) is 11.4. The molecule has 0 saturated heterocycles. The number of methoxy groups -OCH3 is 5. The van der Waals surface area contributed by atoms with Gasteiger partial charge in [0.15, 0.2) is 0 Å². The predicted octanol–water partition coefficient (Wildman–Crippen LogP) is 9.03. The smallest absolute Gasteiger partial charge is 0.137 e. The summed E-state index contributed by atoms with van der Waals surface area (Å²) in [5, 5.41) is 0. The minimum absolute atomic E-state index is 0.113. The lowest BCUT2D eigenvalue weighted by Gasteiger charge is -2.26.